The Kier molecular flexibility index (Phi) is 2.61. The van der Waals surface area contributed by atoms with Crippen molar-refractivity contribution in [2.75, 3.05) is 12.3 Å². The van der Waals surface area contributed by atoms with E-state index < -0.39 is 0 Å². The van der Waals surface area contributed by atoms with Gasteiger partial charge in [-0.15, -0.1) is 18.3 Å². The molecular weight excluding hydrogens is 130 g/mol. The predicted octanol–water partition coefficient (Wildman–Crippen LogP) is 1.47. The summed E-state index contributed by atoms with van der Waals surface area (Å²) in [5, 5.41) is 4.03. The SMILES string of the molecule is C=CC(C)C1NCCS1. The van der Waals surface area contributed by atoms with Crippen molar-refractivity contribution in [1.29, 1.82) is 0 Å². The summed E-state index contributed by atoms with van der Waals surface area (Å²) < 4.78 is 0. The van der Waals surface area contributed by atoms with Gasteiger partial charge in [0, 0.05) is 12.3 Å². The Morgan fingerprint density at radius 1 is 1.89 bits per heavy atom. The van der Waals surface area contributed by atoms with Gasteiger partial charge in [0.2, 0.25) is 0 Å². The predicted molar refractivity (Wildman–Crippen MR) is 43.6 cm³/mol. The van der Waals surface area contributed by atoms with Crippen molar-refractivity contribution < 1.29 is 0 Å². The van der Waals surface area contributed by atoms with Crippen LogP contribution < -0.4 is 5.32 Å². The Bertz CT molecular complexity index is 97.1. The Morgan fingerprint density at radius 3 is 3.11 bits per heavy atom. The summed E-state index contributed by atoms with van der Waals surface area (Å²) in [5.41, 5.74) is 0. The summed E-state index contributed by atoms with van der Waals surface area (Å²) in [5.74, 6) is 1.86. The maximum Gasteiger partial charge on any atom is 0.0593 e. The minimum atomic E-state index is 0.609. The fourth-order valence-corrected chi connectivity index (χ4v) is 2.05. The number of hydrogen-bond donors (Lipinski definition) is 1. The van der Waals surface area contributed by atoms with Crippen molar-refractivity contribution in [2.45, 2.75) is 12.3 Å². The lowest BCUT2D eigenvalue weighted by Gasteiger charge is -2.13. The molecule has 1 N–H and O–H groups in total. The zero-order valence-electron chi connectivity index (χ0n) is 5.76. The third-order valence-corrected chi connectivity index (χ3v) is 2.99. The van der Waals surface area contributed by atoms with E-state index in [0.29, 0.717) is 11.3 Å². The van der Waals surface area contributed by atoms with Crippen molar-refractivity contribution in [1.82, 2.24) is 5.32 Å². The molecule has 52 valence electrons. The average Bonchev–Trinajstić information content (AvgIpc) is 2.37. The molecule has 9 heavy (non-hydrogen) atoms. The molecule has 1 rings (SSSR count). The lowest BCUT2D eigenvalue weighted by molar-refractivity contribution is 0.593. The van der Waals surface area contributed by atoms with E-state index in [1.165, 1.54) is 5.75 Å². The molecule has 0 amide bonds. The summed E-state index contributed by atoms with van der Waals surface area (Å²) in [6.07, 6.45) is 2.01. The smallest absolute Gasteiger partial charge is 0.0593 e. The number of hydrogen-bond acceptors (Lipinski definition) is 2. The second-order valence-corrected chi connectivity index (χ2v) is 3.59. The number of rotatable bonds is 2. The van der Waals surface area contributed by atoms with Gasteiger partial charge in [-0.3, -0.25) is 0 Å². The summed E-state index contributed by atoms with van der Waals surface area (Å²) in [6, 6.07) is 0. The molecule has 2 atom stereocenters. The Hall–Kier alpha value is 0.0500. The van der Waals surface area contributed by atoms with Crippen molar-refractivity contribution in [2.24, 2.45) is 5.92 Å². The monoisotopic (exact) mass is 143 g/mol. The van der Waals surface area contributed by atoms with Crippen LogP contribution in [0.3, 0.4) is 0 Å². The third kappa shape index (κ3) is 1.73. The first-order valence-electron chi connectivity index (χ1n) is 3.32. The average molecular weight is 143 g/mol. The molecule has 0 aromatic rings. The van der Waals surface area contributed by atoms with Gasteiger partial charge in [-0.25, -0.2) is 0 Å². The fraction of sp³-hybridized carbons (Fsp3) is 0.714. The van der Waals surface area contributed by atoms with Gasteiger partial charge in [-0.1, -0.05) is 13.0 Å². The molecule has 0 bridgehead atoms. The summed E-state index contributed by atoms with van der Waals surface area (Å²) in [6.45, 7) is 7.11. The Labute approximate surface area is 60.9 Å². The van der Waals surface area contributed by atoms with E-state index in [4.69, 9.17) is 0 Å². The van der Waals surface area contributed by atoms with E-state index in [1.54, 1.807) is 0 Å². The molecule has 1 saturated heterocycles. The highest BCUT2D eigenvalue weighted by atomic mass is 32.2. The first-order valence-corrected chi connectivity index (χ1v) is 4.37. The van der Waals surface area contributed by atoms with Gasteiger partial charge in [-0.2, -0.15) is 0 Å². The second-order valence-electron chi connectivity index (χ2n) is 2.34. The van der Waals surface area contributed by atoms with Crippen LogP contribution in [-0.2, 0) is 0 Å². The summed E-state index contributed by atoms with van der Waals surface area (Å²) in [7, 11) is 0. The normalized spacial score (nSPS) is 30.1. The topological polar surface area (TPSA) is 12.0 Å². The number of nitrogens with one attached hydrogen (secondary N) is 1. The van der Waals surface area contributed by atoms with Gasteiger partial charge >= 0.3 is 0 Å². The van der Waals surface area contributed by atoms with Crippen LogP contribution >= 0.6 is 11.8 Å². The number of thioether (sulfide) groups is 1. The van der Waals surface area contributed by atoms with Crippen LogP contribution in [0.2, 0.25) is 0 Å². The standard InChI is InChI=1S/C7H13NS/c1-3-6(2)7-8-4-5-9-7/h3,6-8H,1,4-5H2,2H3. The van der Waals surface area contributed by atoms with E-state index in [2.05, 4.69) is 18.8 Å². The lowest BCUT2D eigenvalue weighted by Crippen LogP contribution is -2.25. The highest BCUT2D eigenvalue weighted by molar-refractivity contribution is 8.00. The largest absolute Gasteiger partial charge is 0.304 e. The van der Waals surface area contributed by atoms with Crippen LogP contribution in [0.5, 0.6) is 0 Å². The molecule has 0 spiro atoms. The minimum Gasteiger partial charge on any atom is -0.304 e. The maximum atomic E-state index is 3.75. The minimum absolute atomic E-state index is 0.609. The van der Waals surface area contributed by atoms with E-state index in [9.17, 15) is 0 Å². The highest BCUT2D eigenvalue weighted by Crippen LogP contribution is 2.21. The van der Waals surface area contributed by atoms with E-state index >= 15 is 0 Å². The summed E-state index contributed by atoms with van der Waals surface area (Å²) >= 11 is 1.99. The van der Waals surface area contributed by atoms with Crippen LogP contribution in [0.1, 0.15) is 6.92 Å². The van der Waals surface area contributed by atoms with Crippen LogP contribution in [0.4, 0.5) is 0 Å². The molecule has 1 aliphatic heterocycles. The van der Waals surface area contributed by atoms with Crippen LogP contribution in [0.15, 0.2) is 12.7 Å². The molecule has 0 saturated carbocycles. The Balaban J connectivity index is 2.32. The van der Waals surface area contributed by atoms with Crippen LogP contribution in [-0.4, -0.2) is 17.7 Å². The Morgan fingerprint density at radius 2 is 2.67 bits per heavy atom. The van der Waals surface area contributed by atoms with Crippen LogP contribution in [0.25, 0.3) is 0 Å². The third-order valence-electron chi connectivity index (χ3n) is 1.59. The maximum absolute atomic E-state index is 3.75. The molecule has 1 fully saturated rings. The molecule has 1 heterocycles. The van der Waals surface area contributed by atoms with Crippen LogP contribution in [0, 0.1) is 5.92 Å². The van der Waals surface area contributed by atoms with E-state index in [0.717, 1.165) is 6.54 Å². The molecule has 0 aromatic heterocycles. The molecule has 1 aliphatic rings. The second kappa shape index (κ2) is 3.28. The zero-order chi connectivity index (χ0) is 6.69. The molecule has 0 aliphatic carbocycles. The molecule has 0 radical (unpaired) electrons. The highest BCUT2D eigenvalue weighted by Gasteiger charge is 2.18. The fourth-order valence-electron chi connectivity index (χ4n) is 0.907. The summed E-state index contributed by atoms with van der Waals surface area (Å²) in [4.78, 5) is 0. The first kappa shape index (κ1) is 7.16. The quantitative estimate of drug-likeness (QED) is 0.587. The van der Waals surface area contributed by atoms with Crippen molar-refractivity contribution in [3.63, 3.8) is 0 Å². The molecular formula is C7H13NS. The lowest BCUT2D eigenvalue weighted by atomic mass is 10.2. The van der Waals surface area contributed by atoms with Gasteiger partial charge in [-0.05, 0) is 5.92 Å². The van der Waals surface area contributed by atoms with Gasteiger partial charge < -0.3 is 5.32 Å². The molecule has 2 heteroatoms. The van der Waals surface area contributed by atoms with Gasteiger partial charge in [0.1, 0.15) is 0 Å². The first-order chi connectivity index (χ1) is 4.34. The zero-order valence-corrected chi connectivity index (χ0v) is 6.58. The molecule has 1 nitrogen and oxygen atoms in total. The van der Waals surface area contributed by atoms with Crippen molar-refractivity contribution >= 4 is 11.8 Å². The van der Waals surface area contributed by atoms with Gasteiger partial charge in [0.15, 0.2) is 0 Å². The molecule has 2 unspecified atom stereocenters. The van der Waals surface area contributed by atoms with Crippen molar-refractivity contribution in [3.8, 4) is 0 Å². The van der Waals surface area contributed by atoms with Crippen molar-refractivity contribution in [3.05, 3.63) is 12.7 Å². The van der Waals surface area contributed by atoms with Gasteiger partial charge in [0.25, 0.3) is 0 Å². The van der Waals surface area contributed by atoms with E-state index in [1.807, 2.05) is 17.8 Å². The molecule has 0 aromatic carbocycles. The van der Waals surface area contributed by atoms with E-state index in [-0.39, 0.29) is 0 Å². The van der Waals surface area contributed by atoms with Gasteiger partial charge in [0.05, 0.1) is 5.37 Å².